The van der Waals surface area contributed by atoms with E-state index >= 15 is 0 Å². The highest BCUT2D eigenvalue weighted by molar-refractivity contribution is 5.79. The van der Waals surface area contributed by atoms with Gasteiger partial charge in [0.25, 0.3) is 0 Å². The van der Waals surface area contributed by atoms with E-state index in [2.05, 4.69) is 0 Å². The predicted molar refractivity (Wildman–Crippen MR) is 63.1 cm³/mol. The zero-order valence-corrected chi connectivity index (χ0v) is 9.65. The molecular weight excluding hydrogens is 220 g/mol. The van der Waals surface area contributed by atoms with Crippen molar-refractivity contribution in [2.75, 3.05) is 0 Å². The first-order chi connectivity index (χ1) is 8.11. The van der Waals surface area contributed by atoms with Crippen LogP contribution in [-0.2, 0) is 4.79 Å². The Hall–Kier alpha value is -2.10. The summed E-state index contributed by atoms with van der Waals surface area (Å²) in [5, 5.41) is 0.423. The lowest BCUT2D eigenvalue weighted by molar-refractivity contribution is -0.134. The van der Waals surface area contributed by atoms with Crippen molar-refractivity contribution in [2.45, 2.75) is 20.3 Å². The standard InChI is InChI=1S/C13H12O4/c1-3-12(14)17-11-7-16-10-5-4-8(2)6-9(10)13(11)15/h4-7H,3H2,1-2H3. The summed E-state index contributed by atoms with van der Waals surface area (Å²) in [5.41, 5.74) is 1.11. The first-order valence-electron chi connectivity index (χ1n) is 5.34. The minimum Gasteiger partial charge on any atom is -0.460 e. The number of carbonyl (C=O) groups excluding carboxylic acids is 1. The first kappa shape index (κ1) is 11.4. The van der Waals surface area contributed by atoms with E-state index in [9.17, 15) is 9.59 Å². The van der Waals surface area contributed by atoms with Crippen molar-refractivity contribution in [3.63, 3.8) is 0 Å². The van der Waals surface area contributed by atoms with Gasteiger partial charge in [-0.15, -0.1) is 0 Å². The van der Waals surface area contributed by atoms with Gasteiger partial charge in [0, 0.05) is 6.42 Å². The van der Waals surface area contributed by atoms with Crippen LogP contribution in [0.15, 0.2) is 33.7 Å². The smallest absolute Gasteiger partial charge is 0.311 e. The van der Waals surface area contributed by atoms with Crippen LogP contribution in [0.1, 0.15) is 18.9 Å². The summed E-state index contributed by atoms with van der Waals surface area (Å²) >= 11 is 0. The summed E-state index contributed by atoms with van der Waals surface area (Å²) in [4.78, 5) is 23.1. The van der Waals surface area contributed by atoms with E-state index in [1.54, 1.807) is 19.1 Å². The molecule has 0 amide bonds. The van der Waals surface area contributed by atoms with Crippen molar-refractivity contribution in [3.8, 4) is 5.75 Å². The Kier molecular flexibility index (Phi) is 2.95. The Labute approximate surface area is 97.8 Å². The molecule has 0 fully saturated rings. The third-order valence-electron chi connectivity index (χ3n) is 2.41. The van der Waals surface area contributed by atoms with Crippen LogP contribution in [0.25, 0.3) is 11.0 Å². The molecule has 1 heterocycles. The number of carbonyl (C=O) groups is 1. The zero-order valence-electron chi connectivity index (χ0n) is 9.65. The van der Waals surface area contributed by atoms with E-state index in [4.69, 9.17) is 9.15 Å². The maximum absolute atomic E-state index is 12.0. The summed E-state index contributed by atoms with van der Waals surface area (Å²) in [6.45, 7) is 3.54. The van der Waals surface area contributed by atoms with Crippen LogP contribution < -0.4 is 10.2 Å². The highest BCUT2D eigenvalue weighted by Gasteiger charge is 2.10. The Morgan fingerprint density at radius 2 is 2.18 bits per heavy atom. The van der Waals surface area contributed by atoms with Gasteiger partial charge in [-0.1, -0.05) is 18.6 Å². The molecule has 0 spiro atoms. The number of esters is 1. The summed E-state index contributed by atoms with van der Waals surface area (Å²) in [6, 6.07) is 5.28. The summed E-state index contributed by atoms with van der Waals surface area (Å²) in [5.74, 6) is -0.515. The number of hydrogen-bond donors (Lipinski definition) is 0. The van der Waals surface area contributed by atoms with Gasteiger partial charge >= 0.3 is 5.97 Å². The number of aryl methyl sites for hydroxylation is 1. The fourth-order valence-corrected chi connectivity index (χ4v) is 1.49. The van der Waals surface area contributed by atoms with Gasteiger partial charge in [0.05, 0.1) is 5.39 Å². The highest BCUT2D eigenvalue weighted by Crippen LogP contribution is 2.16. The molecule has 88 valence electrons. The second-order valence-corrected chi connectivity index (χ2v) is 3.76. The van der Waals surface area contributed by atoms with Gasteiger partial charge in [-0.05, 0) is 19.1 Å². The molecule has 1 aromatic heterocycles. The number of hydrogen-bond acceptors (Lipinski definition) is 4. The van der Waals surface area contributed by atoms with Crippen molar-refractivity contribution >= 4 is 16.9 Å². The van der Waals surface area contributed by atoms with Crippen molar-refractivity contribution in [1.29, 1.82) is 0 Å². The molecule has 4 nitrogen and oxygen atoms in total. The van der Waals surface area contributed by atoms with Crippen molar-refractivity contribution in [2.24, 2.45) is 0 Å². The van der Waals surface area contributed by atoms with Crippen LogP contribution >= 0.6 is 0 Å². The lowest BCUT2D eigenvalue weighted by Gasteiger charge is -2.03. The average molecular weight is 232 g/mol. The van der Waals surface area contributed by atoms with Crippen molar-refractivity contribution in [3.05, 3.63) is 40.2 Å². The third-order valence-corrected chi connectivity index (χ3v) is 2.41. The lowest BCUT2D eigenvalue weighted by Crippen LogP contribution is -2.13. The van der Waals surface area contributed by atoms with Crippen molar-refractivity contribution in [1.82, 2.24) is 0 Å². The van der Waals surface area contributed by atoms with Crippen molar-refractivity contribution < 1.29 is 13.9 Å². The van der Waals surface area contributed by atoms with E-state index in [1.807, 2.05) is 13.0 Å². The molecule has 2 rings (SSSR count). The van der Waals surface area contributed by atoms with Gasteiger partial charge < -0.3 is 9.15 Å². The lowest BCUT2D eigenvalue weighted by atomic mass is 10.1. The minimum atomic E-state index is -0.454. The average Bonchev–Trinajstić information content (AvgIpc) is 2.33. The molecule has 1 aromatic carbocycles. The second-order valence-electron chi connectivity index (χ2n) is 3.76. The van der Waals surface area contributed by atoms with Crippen LogP contribution in [0.3, 0.4) is 0 Å². The monoisotopic (exact) mass is 232 g/mol. The van der Waals surface area contributed by atoms with Gasteiger partial charge in [0.1, 0.15) is 11.8 Å². The maximum atomic E-state index is 12.0. The maximum Gasteiger partial charge on any atom is 0.311 e. The fraction of sp³-hybridized carbons (Fsp3) is 0.231. The molecule has 0 aliphatic rings. The molecule has 0 unspecified atom stereocenters. The molecule has 2 aromatic rings. The van der Waals surface area contributed by atoms with Crippen LogP contribution in [0.5, 0.6) is 5.75 Å². The SMILES string of the molecule is CCC(=O)Oc1coc2ccc(C)cc2c1=O. The van der Waals surface area contributed by atoms with Gasteiger partial charge in [-0.3, -0.25) is 9.59 Å². The van der Waals surface area contributed by atoms with Crippen LogP contribution in [0.4, 0.5) is 0 Å². The third kappa shape index (κ3) is 2.20. The molecule has 0 aliphatic carbocycles. The van der Waals surface area contributed by atoms with Crippen LogP contribution in [-0.4, -0.2) is 5.97 Å². The molecule has 0 aliphatic heterocycles. The molecule has 4 heteroatoms. The molecule has 0 N–H and O–H groups in total. The minimum absolute atomic E-state index is 0.0602. The summed E-state index contributed by atoms with van der Waals surface area (Å²) in [6.07, 6.45) is 1.39. The quantitative estimate of drug-likeness (QED) is 0.746. The molecule has 0 radical (unpaired) electrons. The Morgan fingerprint density at radius 3 is 2.88 bits per heavy atom. The number of ether oxygens (including phenoxy) is 1. The van der Waals surface area contributed by atoms with Crippen LogP contribution in [0.2, 0.25) is 0 Å². The van der Waals surface area contributed by atoms with Gasteiger partial charge in [0.2, 0.25) is 11.2 Å². The molecular formula is C13H12O4. The Bertz CT molecular complexity index is 625. The molecule has 0 atom stereocenters. The van der Waals surface area contributed by atoms with Gasteiger partial charge in [-0.2, -0.15) is 0 Å². The number of fused-ring (bicyclic) bond motifs is 1. The second kappa shape index (κ2) is 4.41. The Balaban J connectivity index is 2.57. The first-order valence-corrected chi connectivity index (χ1v) is 5.34. The zero-order chi connectivity index (χ0) is 12.4. The topological polar surface area (TPSA) is 56.5 Å². The Morgan fingerprint density at radius 1 is 1.41 bits per heavy atom. The fourth-order valence-electron chi connectivity index (χ4n) is 1.49. The molecule has 0 saturated carbocycles. The van der Waals surface area contributed by atoms with Gasteiger partial charge in [0.15, 0.2) is 0 Å². The largest absolute Gasteiger partial charge is 0.460 e. The van der Waals surface area contributed by atoms with E-state index in [-0.39, 0.29) is 17.6 Å². The van der Waals surface area contributed by atoms with E-state index in [1.165, 1.54) is 6.26 Å². The van der Waals surface area contributed by atoms with Gasteiger partial charge in [-0.25, -0.2) is 0 Å². The molecule has 17 heavy (non-hydrogen) atoms. The molecule has 0 saturated heterocycles. The highest BCUT2D eigenvalue weighted by atomic mass is 16.5. The van der Waals surface area contributed by atoms with E-state index < -0.39 is 5.97 Å². The summed E-state index contributed by atoms with van der Waals surface area (Å²) in [7, 11) is 0. The van der Waals surface area contributed by atoms with Crippen LogP contribution in [0, 0.1) is 6.92 Å². The number of benzene rings is 1. The summed E-state index contributed by atoms with van der Waals surface area (Å²) < 4.78 is 10.1. The molecule has 0 bridgehead atoms. The van der Waals surface area contributed by atoms with E-state index in [0.717, 1.165) is 5.56 Å². The normalized spacial score (nSPS) is 10.5. The number of rotatable bonds is 2. The predicted octanol–water partition coefficient (Wildman–Crippen LogP) is 2.42. The van der Waals surface area contributed by atoms with E-state index in [0.29, 0.717) is 11.0 Å².